The Morgan fingerprint density at radius 3 is 2.57 bits per heavy atom. The van der Waals surface area contributed by atoms with Crippen molar-refractivity contribution in [3.63, 3.8) is 0 Å². The lowest BCUT2D eigenvalue weighted by atomic mass is 9.88. The molecular formula is C17H26N2O2. The third-order valence-corrected chi connectivity index (χ3v) is 4.58. The summed E-state index contributed by atoms with van der Waals surface area (Å²) in [4.78, 5) is 10.3. The monoisotopic (exact) mass is 290 g/mol. The van der Waals surface area contributed by atoms with Crippen molar-refractivity contribution in [2.45, 2.75) is 57.9 Å². The van der Waals surface area contributed by atoms with Gasteiger partial charge in [-0.2, -0.15) is 0 Å². The Hall–Kier alpha value is -1.42. The van der Waals surface area contributed by atoms with E-state index in [-0.39, 0.29) is 10.6 Å². The van der Waals surface area contributed by atoms with Crippen LogP contribution in [0.5, 0.6) is 0 Å². The van der Waals surface area contributed by atoms with Crippen molar-refractivity contribution in [3.05, 3.63) is 39.9 Å². The number of hydrogen-bond donors (Lipinski definition) is 1. The van der Waals surface area contributed by atoms with Crippen molar-refractivity contribution < 1.29 is 4.92 Å². The van der Waals surface area contributed by atoms with Crippen LogP contribution in [0.25, 0.3) is 0 Å². The Labute approximate surface area is 127 Å². The second-order valence-corrected chi connectivity index (χ2v) is 6.02. The van der Waals surface area contributed by atoms with Gasteiger partial charge in [-0.3, -0.25) is 10.1 Å². The van der Waals surface area contributed by atoms with Crippen LogP contribution in [0.1, 0.15) is 51.0 Å². The summed E-state index contributed by atoms with van der Waals surface area (Å²) in [5.74, 6) is 0.739. The molecule has 0 aromatic heterocycles. The van der Waals surface area contributed by atoms with Gasteiger partial charge >= 0.3 is 0 Å². The van der Waals surface area contributed by atoms with Gasteiger partial charge in [-0.05, 0) is 43.7 Å². The van der Waals surface area contributed by atoms with Gasteiger partial charge in [0, 0.05) is 18.2 Å². The zero-order chi connectivity index (χ0) is 15.1. The van der Waals surface area contributed by atoms with E-state index in [4.69, 9.17) is 0 Å². The van der Waals surface area contributed by atoms with Crippen molar-refractivity contribution in [1.29, 1.82) is 0 Å². The number of aryl methyl sites for hydroxylation is 1. The zero-order valence-corrected chi connectivity index (χ0v) is 12.9. The van der Waals surface area contributed by atoms with E-state index in [9.17, 15) is 10.1 Å². The molecule has 0 aliphatic heterocycles. The molecule has 1 N–H and O–H groups in total. The molecule has 0 amide bonds. The van der Waals surface area contributed by atoms with Crippen LogP contribution in [0.2, 0.25) is 0 Å². The normalized spacial score (nSPS) is 22.7. The van der Waals surface area contributed by atoms with Crippen LogP contribution in [-0.2, 0) is 6.42 Å². The predicted octanol–water partition coefficient (Wildman–Crippen LogP) is 4.09. The minimum Gasteiger partial charge on any atom is -0.314 e. The molecule has 1 aliphatic carbocycles. The first-order valence-electron chi connectivity index (χ1n) is 8.17. The molecule has 4 nitrogen and oxygen atoms in total. The minimum absolute atomic E-state index is 0.179. The largest absolute Gasteiger partial charge is 0.314 e. The Kier molecular flexibility index (Phi) is 6.18. The molecule has 116 valence electrons. The van der Waals surface area contributed by atoms with Gasteiger partial charge in [0.25, 0.3) is 5.69 Å². The van der Waals surface area contributed by atoms with Gasteiger partial charge in [-0.15, -0.1) is 0 Å². The first-order valence-corrected chi connectivity index (χ1v) is 8.17. The van der Waals surface area contributed by atoms with Crippen molar-refractivity contribution >= 4 is 5.69 Å². The topological polar surface area (TPSA) is 55.2 Å². The third-order valence-electron chi connectivity index (χ3n) is 4.58. The highest BCUT2D eigenvalue weighted by molar-refractivity contribution is 5.32. The standard InChI is InChI=1S/C17H26N2O2/c1-2-18-17-7-5-3-4-6-15(17)11-8-14-9-12-16(13-10-14)19(20)21/h9-10,12-13,15,17-18H,2-8,11H2,1H3. The van der Waals surface area contributed by atoms with Crippen LogP contribution in [0.3, 0.4) is 0 Å². The summed E-state index contributed by atoms with van der Waals surface area (Å²) in [7, 11) is 0. The van der Waals surface area contributed by atoms with Crippen molar-refractivity contribution in [1.82, 2.24) is 5.32 Å². The molecule has 2 unspecified atom stereocenters. The van der Waals surface area contributed by atoms with E-state index in [0.717, 1.165) is 18.9 Å². The van der Waals surface area contributed by atoms with Crippen molar-refractivity contribution in [2.24, 2.45) is 5.92 Å². The van der Waals surface area contributed by atoms with Crippen molar-refractivity contribution in [2.75, 3.05) is 6.54 Å². The van der Waals surface area contributed by atoms with Gasteiger partial charge in [0.1, 0.15) is 0 Å². The Morgan fingerprint density at radius 1 is 1.19 bits per heavy atom. The first kappa shape index (κ1) is 16.0. The van der Waals surface area contributed by atoms with Crippen molar-refractivity contribution in [3.8, 4) is 0 Å². The second-order valence-electron chi connectivity index (χ2n) is 6.02. The number of non-ortho nitro benzene ring substituents is 1. The van der Waals surface area contributed by atoms with E-state index >= 15 is 0 Å². The molecule has 21 heavy (non-hydrogen) atoms. The molecule has 1 fully saturated rings. The average molecular weight is 290 g/mol. The molecule has 0 saturated heterocycles. The molecule has 0 radical (unpaired) electrons. The summed E-state index contributed by atoms with van der Waals surface area (Å²) in [6.45, 7) is 3.22. The maximum atomic E-state index is 10.7. The van der Waals surface area contributed by atoms with Crippen LogP contribution in [0.4, 0.5) is 5.69 Å². The predicted molar refractivity (Wildman–Crippen MR) is 85.5 cm³/mol. The molecule has 1 aliphatic rings. The lowest BCUT2D eigenvalue weighted by Gasteiger charge is -2.26. The Bertz CT molecular complexity index is 445. The Balaban J connectivity index is 1.91. The lowest BCUT2D eigenvalue weighted by Crippen LogP contribution is -2.35. The van der Waals surface area contributed by atoms with E-state index in [2.05, 4.69) is 12.2 Å². The molecule has 0 bridgehead atoms. The number of nitrogens with one attached hydrogen (secondary N) is 1. The SMILES string of the molecule is CCNC1CCCCCC1CCc1ccc([N+](=O)[O-])cc1. The lowest BCUT2D eigenvalue weighted by molar-refractivity contribution is -0.384. The van der Waals surface area contributed by atoms with Gasteiger partial charge < -0.3 is 5.32 Å². The van der Waals surface area contributed by atoms with Crippen LogP contribution < -0.4 is 5.32 Å². The summed E-state index contributed by atoms with van der Waals surface area (Å²) >= 11 is 0. The van der Waals surface area contributed by atoms with Crippen LogP contribution in [-0.4, -0.2) is 17.5 Å². The molecule has 0 spiro atoms. The summed E-state index contributed by atoms with van der Waals surface area (Å²) in [5, 5.41) is 14.3. The van der Waals surface area contributed by atoms with Gasteiger partial charge in [-0.1, -0.05) is 38.3 Å². The highest BCUT2D eigenvalue weighted by Crippen LogP contribution is 2.27. The van der Waals surface area contributed by atoms with Gasteiger partial charge in [0.15, 0.2) is 0 Å². The fraction of sp³-hybridized carbons (Fsp3) is 0.647. The fourth-order valence-corrected chi connectivity index (χ4v) is 3.40. The number of nitro groups is 1. The van der Waals surface area contributed by atoms with E-state index in [1.54, 1.807) is 12.1 Å². The summed E-state index contributed by atoms with van der Waals surface area (Å²) < 4.78 is 0. The highest BCUT2D eigenvalue weighted by atomic mass is 16.6. The minimum atomic E-state index is -0.337. The summed E-state index contributed by atoms with van der Waals surface area (Å²) in [5.41, 5.74) is 1.39. The first-order chi connectivity index (χ1) is 10.2. The number of nitro benzene ring substituents is 1. The molecule has 4 heteroatoms. The quantitative estimate of drug-likeness (QED) is 0.488. The molecular weight excluding hydrogens is 264 g/mol. The molecule has 1 aromatic carbocycles. The van der Waals surface area contributed by atoms with E-state index in [1.165, 1.54) is 44.1 Å². The molecule has 0 heterocycles. The zero-order valence-electron chi connectivity index (χ0n) is 12.9. The van der Waals surface area contributed by atoms with Crippen LogP contribution in [0.15, 0.2) is 24.3 Å². The smallest absolute Gasteiger partial charge is 0.269 e. The van der Waals surface area contributed by atoms with Gasteiger partial charge in [0.05, 0.1) is 4.92 Å². The van der Waals surface area contributed by atoms with Gasteiger partial charge in [-0.25, -0.2) is 0 Å². The molecule has 2 atom stereocenters. The van der Waals surface area contributed by atoms with E-state index < -0.39 is 0 Å². The highest BCUT2D eigenvalue weighted by Gasteiger charge is 2.22. The van der Waals surface area contributed by atoms with Crippen LogP contribution in [0, 0.1) is 16.0 Å². The fourth-order valence-electron chi connectivity index (χ4n) is 3.40. The number of benzene rings is 1. The maximum absolute atomic E-state index is 10.7. The van der Waals surface area contributed by atoms with Gasteiger partial charge in [0.2, 0.25) is 0 Å². The molecule has 1 aromatic rings. The summed E-state index contributed by atoms with van der Waals surface area (Å²) in [6, 6.07) is 7.68. The van der Waals surface area contributed by atoms with E-state index in [0.29, 0.717) is 6.04 Å². The average Bonchev–Trinajstić information content (AvgIpc) is 2.71. The molecule has 2 rings (SSSR count). The third kappa shape index (κ3) is 4.81. The summed E-state index contributed by atoms with van der Waals surface area (Å²) in [6.07, 6.45) is 8.83. The maximum Gasteiger partial charge on any atom is 0.269 e. The number of rotatable bonds is 6. The second kappa shape index (κ2) is 8.13. The molecule has 1 saturated carbocycles. The number of hydrogen-bond acceptors (Lipinski definition) is 3. The Morgan fingerprint density at radius 2 is 1.90 bits per heavy atom. The number of nitrogens with zero attached hydrogens (tertiary/aromatic N) is 1. The van der Waals surface area contributed by atoms with E-state index in [1.807, 2.05) is 12.1 Å². The van der Waals surface area contributed by atoms with Crippen LogP contribution >= 0.6 is 0 Å².